The Morgan fingerprint density at radius 2 is 1.95 bits per heavy atom. The number of anilines is 2. The van der Waals surface area contributed by atoms with E-state index in [4.69, 9.17) is 15.2 Å². The first kappa shape index (κ1) is 14.1. The summed E-state index contributed by atoms with van der Waals surface area (Å²) >= 11 is 1.31. The average molecular weight is 293 g/mol. The minimum Gasteiger partial charge on any atom is -0.497 e. The fourth-order valence-electron chi connectivity index (χ4n) is 1.65. The van der Waals surface area contributed by atoms with Crippen LogP contribution in [0.4, 0.5) is 10.8 Å². The highest BCUT2D eigenvalue weighted by Crippen LogP contribution is 2.25. The summed E-state index contributed by atoms with van der Waals surface area (Å²) in [6, 6.07) is 5.17. The highest BCUT2D eigenvalue weighted by Gasteiger charge is 2.09. The first-order valence-electron chi connectivity index (χ1n) is 5.83. The van der Waals surface area contributed by atoms with Crippen LogP contribution in [0, 0.1) is 0 Å². The van der Waals surface area contributed by atoms with Crippen LogP contribution in [0.5, 0.6) is 11.5 Å². The quantitative estimate of drug-likeness (QED) is 0.879. The van der Waals surface area contributed by atoms with Gasteiger partial charge in [0.05, 0.1) is 26.3 Å². The predicted octanol–water partition coefficient (Wildman–Crippen LogP) is 1.92. The van der Waals surface area contributed by atoms with Crippen LogP contribution in [0.15, 0.2) is 23.6 Å². The highest BCUT2D eigenvalue weighted by atomic mass is 32.1. The number of carbonyl (C=O) groups is 1. The van der Waals surface area contributed by atoms with Crippen LogP contribution in [0.2, 0.25) is 0 Å². The number of nitrogens with two attached hydrogens (primary N) is 1. The molecule has 20 heavy (non-hydrogen) atoms. The van der Waals surface area contributed by atoms with Gasteiger partial charge in [0.2, 0.25) is 5.91 Å². The molecule has 0 radical (unpaired) electrons. The van der Waals surface area contributed by atoms with Gasteiger partial charge in [0.1, 0.15) is 11.5 Å². The van der Waals surface area contributed by atoms with Crippen LogP contribution in [0.25, 0.3) is 0 Å². The van der Waals surface area contributed by atoms with E-state index in [1.54, 1.807) is 37.8 Å². The number of amides is 1. The third-order valence-corrected chi connectivity index (χ3v) is 3.27. The van der Waals surface area contributed by atoms with Gasteiger partial charge >= 0.3 is 0 Å². The summed E-state index contributed by atoms with van der Waals surface area (Å²) in [5.41, 5.74) is 6.78. The molecule has 0 spiro atoms. The van der Waals surface area contributed by atoms with Gasteiger partial charge in [0.25, 0.3) is 0 Å². The van der Waals surface area contributed by atoms with Crippen LogP contribution in [-0.2, 0) is 11.2 Å². The Labute approximate surface area is 120 Å². The number of methoxy groups -OCH3 is 2. The third kappa shape index (κ3) is 3.61. The summed E-state index contributed by atoms with van der Waals surface area (Å²) in [6.45, 7) is 0. The second-order valence-electron chi connectivity index (χ2n) is 4.00. The van der Waals surface area contributed by atoms with Crippen molar-refractivity contribution in [3.63, 3.8) is 0 Å². The lowest BCUT2D eigenvalue weighted by atomic mass is 10.2. The largest absolute Gasteiger partial charge is 0.497 e. The Morgan fingerprint density at radius 3 is 2.45 bits per heavy atom. The monoisotopic (exact) mass is 293 g/mol. The van der Waals surface area contributed by atoms with Crippen LogP contribution in [0.3, 0.4) is 0 Å². The van der Waals surface area contributed by atoms with Gasteiger partial charge in [0, 0.05) is 29.3 Å². The Kier molecular flexibility index (Phi) is 4.41. The Bertz CT molecular complexity index is 590. The lowest BCUT2D eigenvalue weighted by Crippen LogP contribution is -2.14. The number of nitrogens with one attached hydrogen (secondary N) is 1. The van der Waals surface area contributed by atoms with E-state index >= 15 is 0 Å². The SMILES string of the molecule is COc1cc(NC(=O)Cc2csc(N)n2)cc(OC)c1. The molecular formula is C13H15N3O3S. The van der Waals surface area contributed by atoms with E-state index in [1.165, 1.54) is 11.3 Å². The number of carbonyl (C=O) groups excluding carboxylic acids is 1. The summed E-state index contributed by atoms with van der Waals surface area (Å²) < 4.78 is 10.3. The Morgan fingerprint density at radius 1 is 1.30 bits per heavy atom. The van der Waals surface area contributed by atoms with E-state index in [9.17, 15) is 4.79 Å². The van der Waals surface area contributed by atoms with Crippen molar-refractivity contribution in [3.8, 4) is 11.5 Å². The number of ether oxygens (including phenoxy) is 2. The molecule has 0 unspecified atom stereocenters. The minimum atomic E-state index is -0.175. The maximum absolute atomic E-state index is 11.9. The summed E-state index contributed by atoms with van der Waals surface area (Å²) in [4.78, 5) is 16.0. The summed E-state index contributed by atoms with van der Waals surface area (Å²) in [5, 5.41) is 4.99. The normalized spacial score (nSPS) is 10.1. The topological polar surface area (TPSA) is 86.5 Å². The van der Waals surface area contributed by atoms with Crippen molar-refractivity contribution in [2.24, 2.45) is 0 Å². The van der Waals surface area contributed by atoms with Gasteiger partial charge in [-0.2, -0.15) is 0 Å². The van der Waals surface area contributed by atoms with Crippen molar-refractivity contribution < 1.29 is 14.3 Å². The van der Waals surface area contributed by atoms with Crippen molar-refractivity contribution in [1.29, 1.82) is 0 Å². The molecule has 7 heteroatoms. The second kappa shape index (κ2) is 6.25. The van der Waals surface area contributed by atoms with Crippen LogP contribution in [0.1, 0.15) is 5.69 Å². The molecule has 0 saturated carbocycles. The molecular weight excluding hydrogens is 278 g/mol. The van der Waals surface area contributed by atoms with Crippen LogP contribution in [-0.4, -0.2) is 25.1 Å². The van der Waals surface area contributed by atoms with Gasteiger partial charge in [-0.05, 0) is 0 Å². The molecule has 0 aliphatic heterocycles. The Hall–Kier alpha value is -2.28. The molecule has 0 bridgehead atoms. The Balaban J connectivity index is 2.07. The zero-order valence-electron chi connectivity index (χ0n) is 11.2. The minimum absolute atomic E-state index is 0.174. The third-order valence-electron chi connectivity index (χ3n) is 2.55. The number of thiazole rings is 1. The highest BCUT2D eigenvalue weighted by molar-refractivity contribution is 7.13. The van der Waals surface area contributed by atoms with Crippen LogP contribution >= 0.6 is 11.3 Å². The van der Waals surface area contributed by atoms with E-state index in [0.717, 1.165) is 0 Å². The van der Waals surface area contributed by atoms with Crippen molar-refractivity contribution in [2.45, 2.75) is 6.42 Å². The maximum Gasteiger partial charge on any atom is 0.230 e. The fraction of sp³-hybridized carbons (Fsp3) is 0.231. The molecule has 106 valence electrons. The number of nitrogens with zero attached hydrogens (tertiary/aromatic N) is 1. The summed E-state index contributed by atoms with van der Waals surface area (Å²) in [7, 11) is 3.11. The van der Waals surface area contributed by atoms with Gasteiger partial charge in [-0.25, -0.2) is 4.98 Å². The first-order chi connectivity index (χ1) is 9.60. The van der Waals surface area contributed by atoms with Gasteiger partial charge in [0.15, 0.2) is 5.13 Å². The van der Waals surface area contributed by atoms with E-state index in [0.29, 0.717) is 28.0 Å². The molecule has 2 rings (SSSR count). The molecule has 1 heterocycles. The van der Waals surface area contributed by atoms with E-state index < -0.39 is 0 Å². The number of aromatic nitrogens is 1. The standard InChI is InChI=1S/C13H15N3O3S/c1-18-10-3-8(4-11(6-10)19-2)15-12(17)5-9-7-20-13(14)16-9/h3-4,6-7H,5H2,1-2H3,(H2,14,16)(H,15,17). The van der Waals surface area contributed by atoms with E-state index in [-0.39, 0.29) is 12.3 Å². The molecule has 1 aromatic heterocycles. The van der Waals surface area contributed by atoms with E-state index in [2.05, 4.69) is 10.3 Å². The molecule has 0 fully saturated rings. The lowest BCUT2D eigenvalue weighted by Gasteiger charge is -2.09. The summed E-state index contributed by atoms with van der Waals surface area (Å²) in [5.74, 6) is 1.04. The van der Waals surface area contributed by atoms with Gasteiger partial charge in [-0.1, -0.05) is 0 Å². The molecule has 1 amide bonds. The van der Waals surface area contributed by atoms with Gasteiger partial charge < -0.3 is 20.5 Å². The van der Waals surface area contributed by atoms with Crippen LogP contribution < -0.4 is 20.5 Å². The molecule has 2 aromatic rings. The molecule has 1 aromatic carbocycles. The zero-order chi connectivity index (χ0) is 14.5. The predicted molar refractivity (Wildman–Crippen MR) is 78.4 cm³/mol. The fourth-order valence-corrected chi connectivity index (χ4v) is 2.22. The first-order valence-corrected chi connectivity index (χ1v) is 6.71. The van der Waals surface area contributed by atoms with Gasteiger partial charge in [-0.15, -0.1) is 11.3 Å². The number of rotatable bonds is 5. The molecule has 0 atom stereocenters. The van der Waals surface area contributed by atoms with Crippen molar-refractivity contribution in [2.75, 3.05) is 25.3 Å². The molecule has 3 N–H and O–H groups in total. The second-order valence-corrected chi connectivity index (χ2v) is 4.89. The van der Waals surface area contributed by atoms with Crippen molar-refractivity contribution in [1.82, 2.24) is 4.98 Å². The number of nitrogen functional groups attached to an aromatic ring is 1. The summed E-state index contributed by atoms with van der Waals surface area (Å²) in [6.07, 6.45) is 0.174. The maximum atomic E-state index is 11.9. The molecule has 0 aliphatic carbocycles. The van der Waals surface area contributed by atoms with Crippen molar-refractivity contribution in [3.05, 3.63) is 29.3 Å². The number of hydrogen-bond acceptors (Lipinski definition) is 6. The lowest BCUT2D eigenvalue weighted by molar-refractivity contribution is -0.115. The van der Waals surface area contributed by atoms with E-state index in [1.807, 2.05) is 0 Å². The van der Waals surface area contributed by atoms with Crippen molar-refractivity contribution >= 4 is 28.1 Å². The molecule has 6 nitrogen and oxygen atoms in total. The van der Waals surface area contributed by atoms with Gasteiger partial charge in [-0.3, -0.25) is 4.79 Å². The molecule has 0 saturated heterocycles. The zero-order valence-corrected chi connectivity index (χ0v) is 12.0. The number of hydrogen-bond donors (Lipinski definition) is 2. The number of benzene rings is 1. The average Bonchev–Trinajstić information content (AvgIpc) is 2.83. The molecule has 0 aliphatic rings. The smallest absolute Gasteiger partial charge is 0.230 e.